The maximum atomic E-state index is 12.9. The molecule has 2 radical (unpaired) electrons. The highest BCUT2D eigenvalue weighted by Gasteiger charge is 2.52. The molecule has 0 spiro atoms. The lowest BCUT2D eigenvalue weighted by atomic mass is 9.79. The molecule has 452 valence electrons. The Labute approximate surface area is 492 Å². The number of allylic oxidation sites excluding steroid dienone is 2. The smallest absolute Gasteiger partial charge is 0.303 e. The van der Waals surface area contributed by atoms with Crippen LogP contribution in [-0.2, 0) is 71.8 Å². The van der Waals surface area contributed by atoms with Crippen LogP contribution in [0.4, 0.5) is 0 Å². The number of carbonyl (C=O) groups excluding carboxylic acids is 5. The van der Waals surface area contributed by atoms with Gasteiger partial charge in [0.15, 0.2) is 18.5 Å². The largest absolute Gasteiger partial charge is 0.497 e. The van der Waals surface area contributed by atoms with E-state index in [1.54, 1.807) is 14.2 Å². The lowest BCUT2D eigenvalue weighted by Gasteiger charge is -2.44. The van der Waals surface area contributed by atoms with Gasteiger partial charge in [0.05, 0.1) is 26.9 Å². The molecular weight excluding hydrogens is 1090 g/mol. The SMILES string of the molecule is [B][C@@H]1O[C@H](COC(c2ccccc2)(c2ccc(OC)cc2)c2ccc(OC)cc2)C(OP(OCC[N+]#[C-])N(C(C)C)C(C)C)[C@@H]1C/C=C/CCCCNC(=O)CCCCO[C@@H]1O[C@H](COC(C)=O)[C@H](OC(C)=O)[C@H](OC(C)=O)[C@H]1NC(C)=O. The molecule has 10 atom stereocenters. The zero-order valence-corrected chi connectivity index (χ0v) is 50.5. The molecule has 0 aromatic heterocycles. The standard InChI is InChI=1S/C61H84BN4O16P/c1-40(2)66(41(3)4)83(77-37-35-63-9)82-56-51(59(62)80-53(56)39-76-61(46-22-16-15-17-23-46,47-26-30-49(72-10)31-27-47)48-28-32-50(73-11)33-29-48)24-18-13-12-14-20-34-64-54(71)25-19-21-36-74-60-55(65-42(5)67)58(79-45(8)70)57(78-44(7)69)52(81-60)38-75-43(6)68/h13,15-18,22-23,26-33,40-41,51-53,55-60H,12,14,19-21,24-25,34-39H2,1-8,10-11H3,(H,64,71)(H,65,67)/b18-13+/t51-,52+,53+,55+,56?,57-,58+,59+,60+,83?/m0/s1. The van der Waals surface area contributed by atoms with Gasteiger partial charge in [-0.25, -0.2) is 11.2 Å². The third kappa shape index (κ3) is 20.4. The zero-order valence-electron chi connectivity index (χ0n) is 49.7. The first-order valence-corrected chi connectivity index (χ1v) is 29.5. The minimum absolute atomic E-state index is 0.0554. The number of methoxy groups -OCH3 is 2. The van der Waals surface area contributed by atoms with Crippen LogP contribution in [0.15, 0.2) is 91.0 Å². The predicted octanol–water partition coefficient (Wildman–Crippen LogP) is 8.26. The zero-order chi connectivity index (χ0) is 60.5. The van der Waals surface area contributed by atoms with Crippen LogP contribution in [0.2, 0.25) is 0 Å². The minimum atomic E-state index is -1.69. The number of hydrogen-bond acceptors (Lipinski definition) is 17. The summed E-state index contributed by atoms with van der Waals surface area (Å²) >= 11 is 0. The highest BCUT2D eigenvalue weighted by atomic mass is 31.2. The van der Waals surface area contributed by atoms with E-state index in [9.17, 15) is 24.0 Å². The van der Waals surface area contributed by atoms with E-state index in [1.807, 2.05) is 78.9 Å². The van der Waals surface area contributed by atoms with E-state index >= 15 is 0 Å². The third-order valence-corrected chi connectivity index (χ3v) is 16.0. The molecule has 5 rings (SSSR count). The Morgan fingerprint density at radius 2 is 1.34 bits per heavy atom. The first kappa shape index (κ1) is 67.8. The molecular formula is C61H84BN4O16P. The van der Waals surface area contributed by atoms with E-state index in [4.69, 9.17) is 66.1 Å². The normalized spacial score (nSPS) is 22.0. The molecule has 2 N–H and O–H groups in total. The fourth-order valence-electron chi connectivity index (χ4n) is 10.2. The Hall–Kier alpha value is -5.95. The summed E-state index contributed by atoms with van der Waals surface area (Å²) < 4.78 is 69.2. The van der Waals surface area contributed by atoms with Crippen molar-refractivity contribution in [3.8, 4) is 11.5 Å². The summed E-state index contributed by atoms with van der Waals surface area (Å²) in [5.41, 5.74) is 1.49. The van der Waals surface area contributed by atoms with Gasteiger partial charge in [0.25, 0.3) is 8.53 Å². The minimum Gasteiger partial charge on any atom is -0.497 e. The van der Waals surface area contributed by atoms with Crippen molar-refractivity contribution in [3.63, 3.8) is 0 Å². The van der Waals surface area contributed by atoms with E-state index in [1.165, 1.54) is 20.8 Å². The Morgan fingerprint density at radius 1 is 0.735 bits per heavy atom. The van der Waals surface area contributed by atoms with Gasteiger partial charge in [-0.2, -0.15) is 0 Å². The van der Waals surface area contributed by atoms with Crippen LogP contribution < -0.4 is 20.1 Å². The third-order valence-electron chi connectivity index (χ3n) is 13.9. The average Bonchev–Trinajstić information content (AvgIpc) is 2.85. The summed E-state index contributed by atoms with van der Waals surface area (Å²) in [4.78, 5) is 64.6. The number of nitrogens with zero attached hydrogens (tertiary/aromatic N) is 2. The molecule has 3 aromatic carbocycles. The van der Waals surface area contributed by atoms with Crippen LogP contribution in [0.3, 0.4) is 0 Å². The van der Waals surface area contributed by atoms with Crippen LogP contribution in [0.25, 0.3) is 4.85 Å². The van der Waals surface area contributed by atoms with Crippen molar-refractivity contribution in [3.05, 3.63) is 119 Å². The van der Waals surface area contributed by atoms with Gasteiger partial charge in [-0.05, 0) is 107 Å². The molecule has 2 saturated heterocycles. The number of benzene rings is 3. The second kappa shape index (κ2) is 34.7. The predicted molar refractivity (Wildman–Crippen MR) is 312 cm³/mol. The van der Waals surface area contributed by atoms with E-state index in [2.05, 4.69) is 60.0 Å². The summed E-state index contributed by atoms with van der Waals surface area (Å²) in [6.45, 7) is 21.4. The van der Waals surface area contributed by atoms with E-state index in [0.717, 1.165) is 42.9 Å². The molecule has 0 saturated carbocycles. The Bertz CT molecular complexity index is 2500. The second-order valence-electron chi connectivity index (χ2n) is 20.8. The van der Waals surface area contributed by atoms with Crippen LogP contribution >= 0.6 is 8.53 Å². The van der Waals surface area contributed by atoms with Gasteiger partial charge in [-0.1, -0.05) is 66.7 Å². The van der Waals surface area contributed by atoms with E-state index in [-0.39, 0.29) is 63.3 Å². The Balaban J connectivity index is 1.22. The average molecular weight is 1170 g/mol. The van der Waals surface area contributed by atoms with Gasteiger partial charge in [0.1, 0.15) is 56.4 Å². The van der Waals surface area contributed by atoms with Gasteiger partial charge in [-0.3, -0.25) is 24.0 Å². The lowest BCUT2D eigenvalue weighted by Crippen LogP contribution is -2.66. The van der Waals surface area contributed by atoms with E-state index < -0.39 is 86.8 Å². The number of unbranched alkanes of at least 4 members (excludes halogenated alkanes) is 3. The quantitative estimate of drug-likeness (QED) is 0.00840. The Morgan fingerprint density at radius 3 is 1.90 bits per heavy atom. The monoisotopic (exact) mass is 1170 g/mol. The first-order valence-electron chi connectivity index (χ1n) is 28.4. The van der Waals surface area contributed by atoms with Gasteiger partial charge in [-0.15, -0.1) is 0 Å². The molecule has 2 unspecified atom stereocenters. The number of ether oxygens (including phenoxy) is 9. The molecule has 2 heterocycles. The number of esters is 3. The summed E-state index contributed by atoms with van der Waals surface area (Å²) in [5, 5.41) is 5.67. The number of hydrogen-bond donors (Lipinski definition) is 2. The van der Waals surface area contributed by atoms with Crippen LogP contribution in [-0.4, -0.2) is 157 Å². The molecule has 22 heteroatoms. The van der Waals surface area contributed by atoms with Crippen molar-refractivity contribution in [2.45, 2.75) is 167 Å². The van der Waals surface area contributed by atoms with Crippen molar-refractivity contribution in [1.29, 1.82) is 0 Å². The molecule has 2 aliphatic rings. The van der Waals surface area contributed by atoms with Crippen LogP contribution in [0.1, 0.15) is 117 Å². The number of carbonyl (C=O) groups is 5. The summed E-state index contributed by atoms with van der Waals surface area (Å²) in [6.07, 6.45) is 2.25. The molecule has 3 aromatic rings. The summed E-state index contributed by atoms with van der Waals surface area (Å²) in [5.74, 6) is -1.53. The maximum absolute atomic E-state index is 12.9. The fourth-order valence-corrected chi connectivity index (χ4v) is 12.0. The topological polar surface area (TPSA) is 219 Å². The molecule has 2 amide bonds. The Kier molecular flexibility index (Phi) is 28.4. The molecule has 0 aliphatic carbocycles. The highest BCUT2D eigenvalue weighted by Crippen LogP contribution is 2.51. The van der Waals surface area contributed by atoms with Gasteiger partial charge < -0.3 is 67.2 Å². The van der Waals surface area contributed by atoms with Crippen molar-refractivity contribution in [2.24, 2.45) is 5.92 Å². The van der Waals surface area contributed by atoms with Gasteiger partial charge in [0, 0.05) is 71.3 Å². The highest BCUT2D eigenvalue weighted by molar-refractivity contribution is 7.44. The maximum Gasteiger partial charge on any atom is 0.303 e. The molecule has 20 nitrogen and oxygen atoms in total. The van der Waals surface area contributed by atoms with Gasteiger partial charge in [0.2, 0.25) is 18.4 Å². The fraction of sp³-hybridized carbons (Fsp3) is 0.574. The van der Waals surface area contributed by atoms with Crippen molar-refractivity contribution < 1.29 is 75.7 Å². The number of amides is 2. The molecule has 0 bridgehead atoms. The van der Waals surface area contributed by atoms with Crippen LogP contribution in [0, 0.1) is 12.5 Å². The van der Waals surface area contributed by atoms with Crippen molar-refractivity contribution in [1.82, 2.24) is 15.3 Å². The second-order valence-corrected chi connectivity index (χ2v) is 22.2. The lowest BCUT2D eigenvalue weighted by molar-refractivity contribution is -0.277. The summed E-state index contributed by atoms with van der Waals surface area (Å²) in [7, 11) is 8.53. The number of rotatable bonds is 34. The molecule has 2 aliphatic heterocycles. The van der Waals surface area contributed by atoms with E-state index in [0.29, 0.717) is 37.3 Å². The van der Waals surface area contributed by atoms with Crippen molar-refractivity contribution >= 4 is 46.1 Å². The molecule has 83 heavy (non-hydrogen) atoms. The molecule has 2 fully saturated rings. The number of nitrogens with one attached hydrogen (secondary N) is 2. The summed E-state index contributed by atoms with van der Waals surface area (Å²) in [6, 6.07) is 24.0. The van der Waals surface area contributed by atoms with Gasteiger partial charge >= 0.3 is 17.9 Å². The van der Waals surface area contributed by atoms with Crippen molar-refractivity contribution in [2.75, 3.05) is 53.7 Å². The first-order chi connectivity index (χ1) is 39.8. The van der Waals surface area contributed by atoms with Crippen LogP contribution in [0.5, 0.6) is 11.5 Å².